The Morgan fingerprint density at radius 2 is 0.847 bits per heavy atom. The van der Waals surface area contributed by atoms with E-state index in [4.69, 9.17) is 13.8 Å². The van der Waals surface area contributed by atoms with Crippen molar-refractivity contribution < 1.29 is 39.6 Å². The maximum absolute atomic E-state index is 14.0. The van der Waals surface area contributed by atoms with E-state index in [2.05, 4.69) is 98.7 Å². The van der Waals surface area contributed by atoms with E-state index >= 15 is 0 Å². The van der Waals surface area contributed by atoms with E-state index < -0.39 is 56.0 Å². The summed E-state index contributed by atoms with van der Waals surface area (Å²) in [6, 6.07) is 52.7. The molecule has 41 heteroatoms. The summed E-state index contributed by atoms with van der Waals surface area (Å²) >= 11 is 0. The monoisotopic (exact) mass is 1850 g/mol. The van der Waals surface area contributed by atoms with Crippen molar-refractivity contribution >= 4 is 116 Å². The second kappa shape index (κ2) is 36.8. The first-order valence-electron chi connectivity index (χ1n) is 43.5. The number of pyridine rings is 7. The minimum absolute atomic E-state index is 0.0507. The molecule has 0 aliphatic rings. The Morgan fingerprint density at radius 1 is 0.445 bits per heavy atom. The fourth-order valence-corrected chi connectivity index (χ4v) is 15.5. The van der Waals surface area contributed by atoms with Crippen LogP contribution in [0.2, 0.25) is 0 Å². The van der Waals surface area contributed by atoms with Crippen LogP contribution in [-0.4, -0.2) is 152 Å². The summed E-state index contributed by atoms with van der Waals surface area (Å²) in [6.45, 7) is 2.65. The van der Waals surface area contributed by atoms with E-state index in [1.165, 1.54) is 74.5 Å². The van der Waals surface area contributed by atoms with E-state index in [0.29, 0.717) is 125 Å². The van der Waals surface area contributed by atoms with Gasteiger partial charge in [0.1, 0.15) is 86.0 Å². The van der Waals surface area contributed by atoms with Gasteiger partial charge in [-0.15, -0.1) is 0 Å². The summed E-state index contributed by atoms with van der Waals surface area (Å²) in [4.78, 5) is 98.8. The van der Waals surface area contributed by atoms with Crippen molar-refractivity contribution in [3.05, 3.63) is 300 Å². The fourth-order valence-electron chi connectivity index (χ4n) is 15.5. The third kappa shape index (κ3) is 18.1. The SMILES string of the molecule is CCNc1ccc2nn(-c3ccc4nn(C)cc4c3)c(=O)c(-c3ccc4[nH]cc(C#N)c4c3)c2n1.Cn1cc(-n2nc3ccc(NCC(F)(F)F)nc3c(-c3ccc(C(F)F)nc3)c2=O)ccc1=O.Cn1cc2cc(-n3nc4ccc(OCC(F)F)nc4c(-c4ccc5[nH]cc(C#N)c5c4)c3=O)ccc2n1.[2H]C([2H])([2H])n1cc2cc(-n3nc4ccc(NCC)nc4c(-c4ccc(C)nc4)c3=O)ccc2n1. The maximum atomic E-state index is 14.0. The number of nitrogens with one attached hydrogen (secondary N) is 5. The molecule has 0 aliphatic carbocycles. The van der Waals surface area contributed by atoms with E-state index in [9.17, 15) is 65.2 Å². The summed E-state index contributed by atoms with van der Waals surface area (Å²) in [6.07, 6.45) is 2.51. The number of rotatable bonds is 18. The van der Waals surface area contributed by atoms with Crippen molar-refractivity contribution in [2.75, 3.05) is 42.2 Å². The molecule has 0 fully saturated rings. The molecule has 34 nitrogen and oxygen atoms in total. The number of aromatic amines is 2. The largest absolute Gasteiger partial charge is 0.472 e. The molecule has 0 spiro atoms. The number of hydrogen-bond acceptors (Lipinski definition) is 24. The number of nitriles is 2. The lowest BCUT2D eigenvalue weighted by atomic mass is 10.0. The van der Waals surface area contributed by atoms with Crippen molar-refractivity contribution in [3.63, 3.8) is 0 Å². The number of benzene rings is 5. The topological polar surface area (TPSA) is 417 Å². The van der Waals surface area contributed by atoms with Crippen LogP contribution < -0.4 is 48.5 Å². The molecule has 0 bridgehead atoms. The molecule has 682 valence electrons. The Labute approximate surface area is 770 Å². The van der Waals surface area contributed by atoms with Gasteiger partial charge >= 0.3 is 6.18 Å². The number of nitrogens with zero attached hydrogens (tertiary/aromatic N) is 23. The van der Waals surface area contributed by atoms with E-state index in [1.807, 2.05) is 126 Å². The quantitative estimate of drug-likeness (QED) is 0.0498. The van der Waals surface area contributed by atoms with Crippen LogP contribution in [0.3, 0.4) is 0 Å². The number of anilines is 3. The average Bonchev–Trinajstić information content (AvgIpc) is 1.27. The molecule has 0 amide bonds. The number of halogens is 7. The third-order valence-electron chi connectivity index (χ3n) is 21.8. The lowest BCUT2D eigenvalue weighted by Crippen LogP contribution is -2.26. The zero-order chi connectivity index (χ0) is 98.4. The van der Waals surface area contributed by atoms with Gasteiger partial charge in [-0.1, -0.05) is 24.3 Å². The summed E-state index contributed by atoms with van der Waals surface area (Å²) in [5, 5.41) is 62.1. The third-order valence-corrected chi connectivity index (χ3v) is 21.8. The summed E-state index contributed by atoms with van der Waals surface area (Å²) in [7, 11) is 5.15. The molecule has 5 aromatic carbocycles. The average molecular weight is 1850 g/mol. The van der Waals surface area contributed by atoms with Crippen LogP contribution in [0.4, 0.5) is 48.2 Å². The molecule has 0 unspecified atom stereocenters. The summed E-state index contributed by atoms with van der Waals surface area (Å²) in [5.74, 6) is 1.10. The van der Waals surface area contributed by atoms with Crippen molar-refractivity contribution in [1.29, 1.82) is 10.5 Å². The van der Waals surface area contributed by atoms with Crippen molar-refractivity contribution in [2.45, 2.75) is 39.8 Å². The highest BCUT2D eigenvalue weighted by Crippen LogP contribution is 2.36. The van der Waals surface area contributed by atoms with Gasteiger partial charge in [-0.2, -0.15) is 78.1 Å². The van der Waals surface area contributed by atoms with E-state index in [-0.39, 0.29) is 67.3 Å². The number of H-pyrrole nitrogens is 2. The van der Waals surface area contributed by atoms with Gasteiger partial charge in [0.25, 0.3) is 35.1 Å². The van der Waals surface area contributed by atoms with Gasteiger partial charge in [0, 0.05) is 162 Å². The van der Waals surface area contributed by atoms with Crippen LogP contribution >= 0.6 is 0 Å². The molecule has 137 heavy (non-hydrogen) atoms. The molecule has 0 saturated carbocycles. The van der Waals surface area contributed by atoms with Crippen molar-refractivity contribution in [3.8, 4) is 85.3 Å². The molecular weight excluding hydrogens is 1770 g/mol. The lowest BCUT2D eigenvalue weighted by Gasteiger charge is -2.13. The predicted octanol–water partition coefficient (Wildman–Crippen LogP) is 15.4. The highest BCUT2D eigenvalue weighted by Gasteiger charge is 2.29. The van der Waals surface area contributed by atoms with Crippen LogP contribution in [0.1, 0.15) is 46.9 Å². The highest BCUT2D eigenvalue weighted by atomic mass is 19.4. The van der Waals surface area contributed by atoms with Gasteiger partial charge in [0.05, 0.1) is 72.7 Å². The van der Waals surface area contributed by atoms with Gasteiger partial charge < -0.3 is 35.2 Å². The maximum Gasteiger partial charge on any atom is 0.405 e. The predicted molar refractivity (Wildman–Crippen MR) is 503 cm³/mol. The first kappa shape index (κ1) is 85.5. The second-order valence-corrected chi connectivity index (χ2v) is 31.2. The normalized spacial score (nSPS) is 11.9. The molecule has 0 aliphatic heterocycles. The molecule has 21 rings (SSSR count). The minimum Gasteiger partial charge on any atom is -0.472 e. The number of ether oxygens (including phenoxy) is 1. The van der Waals surface area contributed by atoms with E-state index in [0.717, 1.165) is 65.5 Å². The van der Waals surface area contributed by atoms with E-state index in [1.54, 1.807) is 82.6 Å². The number of hydrogen-bond donors (Lipinski definition) is 5. The Balaban J connectivity index is 0.000000124. The van der Waals surface area contributed by atoms with Gasteiger partial charge in [-0.3, -0.25) is 48.0 Å². The Hall–Kier alpha value is -18.3. The molecule has 16 aromatic heterocycles. The molecule has 0 atom stereocenters. The van der Waals surface area contributed by atoms with Crippen LogP contribution in [0.5, 0.6) is 5.88 Å². The van der Waals surface area contributed by atoms with Crippen molar-refractivity contribution in [1.82, 2.24) is 113 Å². The summed E-state index contributed by atoms with van der Waals surface area (Å²) < 4.78 is 128. The van der Waals surface area contributed by atoms with Crippen molar-refractivity contribution in [2.24, 2.45) is 28.1 Å². The standard InChI is InChI=1S/C26H17F2N7O2.C26H20N8O.C23H21N7O.C21H15F5N6O2/c1-34-12-15-8-17(3-5-19(15)32-34)35-26(36)24(14-2-4-20-18(9-14)16(10-29)11-30-20)25-21(33-35)6-7-23(31-25)37-13-22(27)28;1-3-28-23-9-8-22-25(30-23)24(15-4-6-21-19(11-15)17(12-27)13-29-21)26(35)34(32-22)18-5-7-20-16(10-18)14-33(2)31-20;1-4-24-20-10-9-19-22(26-20)21(15-6-5-14(2)25-12-15)23(31)30(28-19)17-7-8-18-16(11-17)13-29(3)27-18;1-31-9-12(3-7-16(31)33)32-20(34)17(11-2-4-14(19(22)23)27-8-11)18-13(30-32)5-6-15(29-18)28-10-21(24,25)26/h2-9,11-12,22,30H,13H2,1H3;4-11,13-14,29H,3H2,1-2H3,(H,28,30);5-13H,4H2,1-3H3,(H,24,26);2-9,19H,10H2,1H3,(H,28,29)/i;;3D3;. The number of alkyl halides is 7. The smallest absolute Gasteiger partial charge is 0.405 e. The Kier molecular flexibility index (Phi) is 23.0. The molecule has 0 radical (unpaired) electrons. The zero-order valence-corrected chi connectivity index (χ0v) is 72.7. The Bertz CT molecular complexity index is 8920. The van der Waals surface area contributed by atoms with Gasteiger partial charge in [-0.05, 0) is 171 Å². The molecule has 21 aromatic rings. The first-order valence-corrected chi connectivity index (χ1v) is 42.0. The first-order chi connectivity index (χ1) is 67.2. The van der Waals surface area contributed by atoms with Gasteiger partial charge in [0.15, 0.2) is 6.61 Å². The summed E-state index contributed by atoms with van der Waals surface area (Å²) in [5.41, 5.74) is 10.2. The van der Waals surface area contributed by atoms with Crippen LogP contribution in [-0.2, 0) is 28.1 Å². The number of aryl methyl sites for hydroxylation is 5. The second-order valence-electron chi connectivity index (χ2n) is 31.2. The van der Waals surface area contributed by atoms with Crippen LogP contribution in [0.15, 0.2) is 249 Å². The number of fused-ring (bicyclic) bond motifs is 9. The van der Waals surface area contributed by atoms with Crippen LogP contribution in [0.25, 0.3) is 166 Å². The zero-order valence-electron chi connectivity index (χ0n) is 75.7. The fraction of sp³-hybridized carbons (Fsp3) is 0.146. The van der Waals surface area contributed by atoms with Gasteiger partial charge in [0.2, 0.25) is 11.4 Å². The molecular formula is C96H73F7N28O6. The minimum atomic E-state index is -4.50. The van der Waals surface area contributed by atoms with Gasteiger partial charge in [-0.25, -0.2) is 37.5 Å². The van der Waals surface area contributed by atoms with Crippen LogP contribution in [0, 0.1) is 29.6 Å². The molecule has 5 N–H and O–H groups in total. The lowest BCUT2D eigenvalue weighted by molar-refractivity contribution is -0.115. The highest BCUT2D eigenvalue weighted by molar-refractivity contribution is 5.99. The Morgan fingerprint density at radius 3 is 1.26 bits per heavy atom. The number of aromatic nitrogens is 23. The molecule has 0 saturated heterocycles. The molecule has 16 heterocycles.